The molecule has 6 heteroatoms. The fourth-order valence-electron chi connectivity index (χ4n) is 1.64. The van der Waals surface area contributed by atoms with Gasteiger partial charge in [0.15, 0.2) is 5.01 Å². The highest BCUT2D eigenvalue weighted by Crippen LogP contribution is 2.10. The van der Waals surface area contributed by atoms with Crippen LogP contribution in [0.1, 0.15) is 16.2 Å². The molecule has 0 aliphatic carbocycles. The minimum Gasteiger partial charge on any atom is -0.326 e. The molecule has 0 aromatic carbocycles. The van der Waals surface area contributed by atoms with Gasteiger partial charge in [-0.05, 0) is 6.42 Å². The highest BCUT2D eigenvalue weighted by Gasteiger charge is 2.22. The fraction of sp³-hybridized carbons (Fsp3) is 0.556. The van der Waals surface area contributed by atoms with Gasteiger partial charge >= 0.3 is 0 Å². The normalized spacial score (nSPS) is 21.3. The summed E-state index contributed by atoms with van der Waals surface area (Å²) in [5.74, 6) is 0.106. The molecule has 1 unspecified atom stereocenters. The Bertz CT molecular complexity index is 317. The summed E-state index contributed by atoms with van der Waals surface area (Å²) in [6, 6.07) is 0.235. The molecule has 84 valence electrons. The van der Waals surface area contributed by atoms with Gasteiger partial charge in [-0.2, -0.15) is 0 Å². The first kappa shape index (κ1) is 12.6. The third-order valence-electron chi connectivity index (χ3n) is 2.35. The highest BCUT2D eigenvalue weighted by atomic mass is 35.5. The zero-order valence-electron chi connectivity index (χ0n) is 8.26. The molecule has 1 aliphatic rings. The van der Waals surface area contributed by atoms with Crippen molar-refractivity contribution in [1.29, 1.82) is 0 Å². The molecule has 4 nitrogen and oxygen atoms in total. The Morgan fingerprint density at radius 1 is 1.73 bits per heavy atom. The molecule has 1 fully saturated rings. The molecule has 2 rings (SSSR count). The number of halogens is 1. The highest BCUT2D eigenvalue weighted by molar-refractivity contribution is 7.11. The molecule has 2 heterocycles. The molecule has 15 heavy (non-hydrogen) atoms. The van der Waals surface area contributed by atoms with E-state index in [9.17, 15) is 4.79 Å². The Morgan fingerprint density at radius 2 is 2.53 bits per heavy atom. The van der Waals surface area contributed by atoms with E-state index in [1.165, 1.54) is 11.3 Å². The number of hydrogen-bond donors (Lipinski definition) is 1. The Kier molecular flexibility index (Phi) is 4.66. The minimum absolute atomic E-state index is 0. The third-order valence-corrected chi connectivity index (χ3v) is 3.16. The number of hydrogen-bond acceptors (Lipinski definition) is 5. The number of Topliss-reactive ketones (excluding diaryl/α,β-unsaturated/α-hetero) is 1. The molecule has 0 spiro atoms. The van der Waals surface area contributed by atoms with Crippen molar-refractivity contribution in [3.05, 3.63) is 16.6 Å². The summed E-state index contributed by atoms with van der Waals surface area (Å²) >= 11 is 1.40. The number of thiazole rings is 1. The average molecular weight is 248 g/mol. The van der Waals surface area contributed by atoms with Crippen LogP contribution in [0.15, 0.2) is 11.6 Å². The molecule has 1 aromatic heterocycles. The molecule has 0 radical (unpaired) electrons. The van der Waals surface area contributed by atoms with E-state index < -0.39 is 0 Å². The Morgan fingerprint density at radius 3 is 3.07 bits per heavy atom. The minimum atomic E-state index is 0. The maximum atomic E-state index is 11.6. The first-order valence-corrected chi connectivity index (χ1v) is 5.54. The summed E-state index contributed by atoms with van der Waals surface area (Å²) in [5, 5.41) is 2.42. The average Bonchev–Trinajstić information content (AvgIpc) is 2.75. The van der Waals surface area contributed by atoms with Crippen molar-refractivity contribution >= 4 is 29.5 Å². The molecule has 1 aliphatic heterocycles. The van der Waals surface area contributed by atoms with Gasteiger partial charge in [-0.3, -0.25) is 9.69 Å². The van der Waals surface area contributed by atoms with Crippen LogP contribution in [0.25, 0.3) is 0 Å². The van der Waals surface area contributed by atoms with Crippen LogP contribution in [0, 0.1) is 0 Å². The van der Waals surface area contributed by atoms with E-state index in [1.807, 2.05) is 5.38 Å². The molecule has 0 bridgehead atoms. The van der Waals surface area contributed by atoms with Crippen LogP contribution in [0.4, 0.5) is 0 Å². The lowest BCUT2D eigenvalue weighted by molar-refractivity contribution is 0.0944. The van der Waals surface area contributed by atoms with Crippen LogP contribution in [0.2, 0.25) is 0 Å². The van der Waals surface area contributed by atoms with Gasteiger partial charge in [0.25, 0.3) is 0 Å². The van der Waals surface area contributed by atoms with Crippen molar-refractivity contribution < 1.29 is 4.79 Å². The lowest BCUT2D eigenvalue weighted by Crippen LogP contribution is -2.30. The van der Waals surface area contributed by atoms with Gasteiger partial charge in [0.05, 0.1) is 6.54 Å². The van der Waals surface area contributed by atoms with Crippen molar-refractivity contribution in [3.8, 4) is 0 Å². The van der Waals surface area contributed by atoms with Gasteiger partial charge in [-0.15, -0.1) is 23.7 Å². The maximum Gasteiger partial charge on any atom is 0.205 e. The SMILES string of the molecule is Cl.NC1CCN(CC(=O)c2nccs2)C1. The molecule has 1 saturated heterocycles. The number of carbonyl (C=O) groups is 1. The summed E-state index contributed by atoms with van der Waals surface area (Å²) in [6.07, 6.45) is 2.65. The van der Waals surface area contributed by atoms with Crippen LogP contribution in [-0.4, -0.2) is 41.3 Å². The number of nitrogens with zero attached hydrogens (tertiary/aromatic N) is 2. The van der Waals surface area contributed by atoms with E-state index in [4.69, 9.17) is 5.73 Å². The largest absolute Gasteiger partial charge is 0.326 e. The van der Waals surface area contributed by atoms with Crippen LogP contribution >= 0.6 is 23.7 Å². The van der Waals surface area contributed by atoms with Crippen LogP contribution in [-0.2, 0) is 0 Å². The zero-order valence-corrected chi connectivity index (χ0v) is 9.89. The Labute approximate surface area is 98.9 Å². The molecule has 2 N–H and O–H groups in total. The van der Waals surface area contributed by atoms with Crippen molar-refractivity contribution in [2.24, 2.45) is 5.73 Å². The predicted octanol–water partition coefficient (Wildman–Crippen LogP) is 0.781. The van der Waals surface area contributed by atoms with E-state index in [0.29, 0.717) is 11.6 Å². The summed E-state index contributed by atoms with van der Waals surface area (Å²) < 4.78 is 0. The lowest BCUT2D eigenvalue weighted by Gasteiger charge is -2.12. The summed E-state index contributed by atoms with van der Waals surface area (Å²) in [4.78, 5) is 17.7. The van der Waals surface area contributed by atoms with E-state index in [1.54, 1.807) is 6.20 Å². The van der Waals surface area contributed by atoms with Crippen molar-refractivity contribution in [2.45, 2.75) is 12.5 Å². The Hall–Kier alpha value is -0.490. The third kappa shape index (κ3) is 3.24. The number of ketones is 1. The zero-order chi connectivity index (χ0) is 9.97. The molecule has 0 saturated carbocycles. The topological polar surface area (TPSA) is 59.2 Å². The van der Waals surface area contributed by atoms with Crippen molar-refractivity contribution in [1.82, 2.24) is 9.88 Å². The standard InChI is InChI=1S/C9H13N3OS.ClH/c10-7-1-3-12(5-7)6-8(13)9-11-2-4-14-9;/h2,4,7H,1,3,5-6,10H2;1H. The molecule has 1 atom stereocenters. The molecule has 0 amide bonds. The van der Waals surface area contributed by atoms with Crippen LogP contribution in [0.3, 0.4) is 0 Å². The summed E-state index contributed by atoms with van der Waals surface area (Å²) in [7, 11) is 0. The second kappa shape index (κ2) is 5.55. The van der Waals surface area contributed by atoms with Gasteiger partial charge < -0.3 is 5.73 Å². The maximum absolute atomic E-state index is 11.6. The number of nitrogens with two attached hydrogens (primary N) is 1. The van der Waals surface area contributed by atoms with Gasteiger partial charge in [0, 0.05) is 30.7 Å². The number of rotatable bonds is 3. The van der Waals surface area contributed by atoms with Gasteiger partial charge in [0.2, 0.25) is 5.78 Å². The first-order chi connectivity index (χ1) is 6.75. The number of likely N-dealkylation sites (tertiary alicyclic amines) is 1. The summed E-state index contributed by atoms with van der Waals surface area (Å²) in [6.45, 7) is 2.22. The van der Waals surface area contributed by atoms with E-state index in [0.717, 1.165) is 19.5 Å². The van der Waals surface area contributed by atoms with Crippen LogP contribution < -0.4 is 5.73 Å². The quantitative estimate of drug-likeness (QED) is 0.802. The van der Waals surface area contributed by atoms with Crippen molar-refractivity contribution in [2.75, 3.05) is 19.6 Å². The van der Waals surface area contributed by atoms with E-state index in [2.05, 4.69) is 9.88 Å². The second-order valence-corrected chi connectivity index (χ2v) is 4.44. The van der Waals surface area contributed by atoms with E-state index >= 15 is 0 Å². The second-order valence-electron chi connectivity index (χ2n) is 3.54. The van der Waals surface area contributed by atoms with Gasteiger partial charge in [-0.25, -0.2) is 4.98 Å². The monoisotopic (exact) mass is 247 g/mol. The lowest BCUT2D eigenvalue weighted by atomic mass is 10.3. The summed E-state index contributed by atoms with van der Waals surface area (Å²) in [5.41, 5.74) is 5.75. The van der Waals surface area contributed by atoms with Gasteiger partial charge in [0.1, 0.15) is 0 Å². The van der Waals surface area contributed by atoms with Gasteiger partial charge in [-0.1, -0.05) is 0 Å². The van der Waals surface area contributed by atoms with Crippen molar-refractivity contribution in [3.63, 3.8) is 0 Å². The smallest absolute Gasteiger partial charge is 0.205 e. The van der Waals surface area contributed by atoms with E-state index in [-0.39, 0.29) is 24.2 Å². The number of carbonyl (C=O) groups excluding carboxylic acids is 1. The Balaban J connectivity index is 0.00000112. The molecular weight excluding hydrogens is 234 g/mol. The fourth-order valence-corrected chi connectivity index (χ4v) is 2.21. The van der Waals surface area contributed by atoms with Crippen LogP contribution in [0.5, 0.6) is 0 Å². The molecular formula is C9H14ClN3OS. The molecule has 1 aromatic rings. The first-order valence-electron chi connectivity index (χ1n) is 4.66. The predicted molar refractivity (Wildman–Crippen MR) is 62.7 cm³/mol. The number of aromatic nitrogens is 1.